The van der Waals surface area contributed by atoms with Crippen LogP contribution in [0.15, 0.2) is 30.3 Å². The summed E-state index contributed by atoms with van der Waals surface area (Å²) in [5, 5.41) is 0. The van der Waals surface area contributed by atoms with Crippen LogP contribution in [0.2, 0.25) is 0 Å². The number of ether oxygens (including phenoxy) is 2. The van der Waals surface area contributed by atoms with Gasteiger partial charge in [0, 0.05) is 12.5 Å². The van der Waals surface area contributed by atoms with Crippen LogP contribution in [-0.2, 0) is 14.3 Å². The largest absolute Gasteiger partial charge is 0.464 e. The van der Waals surface area contributed by atoms with E-state index < -0.39 is 6.04 Å². The second kappa shape index (κ2) is 5.80. The van der Waals surface area contributed by atoms with E-state index >= 15 is 0 Å². The third-order valence-corrected chi connectivity index (χ3v) is 2.90. The first-order valence-electron chi connectivity index (χ1n) is 5.82. The topological polar surface area (TPSA) is 61.6 Å². The first-order chi connectivity index (χ1) is 8.27. The molecule has 0 amide bonds. The number of carbonyl (C=O) groups excluding carboxylic acids is 1. The second-order valence-electron chi connectivity index (χ2n) is 4.25. The van der Waals surface area contributed by atoms with E-state index in [2.05, 4.69) is 0 Å². The monoisotopic (exact) mass is 235 g/mol. The van der Waals surface area contributed by atoms with Gasteiger partial charge in [-0.2, -0.15) is 0 Å². The van der Waals surface area contributed by atoms with Crippen LogP contribution in [0.1, 0.15) is 18.0 Å². The Balaban J connectivity index is 1.83. The zero-order chi connectivity index (χ0) is 12.1. The lowest BCUT2D eigenvalue weighted by Crippen LogP contribution is -2.25. The number of hydrogen-bond donors (Lipinski definition) is 1. The van der Waals surface area contributed by atoms with Crippen molar-refractivity contribution in [1.82, 2.24) is 0 Å². The van der Waals surface area contributed by atoms with E-state index in [4.69, 9.17) is 15.2 Å². The summed E-state index contributed by atoms with van der Waals surface area (Å²) in [7, 11) is 0. The van der Waals surface area contributed by atoms with Gasteiger partial charge in [-0.25, -0.2) is 4.79 Å². The van der Waals surface area contributed by atoms with Crippen LogP contribution >= 0.6 is 0 Å². The van der Waals surface area contributed by atoms with E-state index in [1.165, 1.54) is 0 Å². The molecular formula is C13H17NO3. The van der Waals surface area contributed by atoms with Crippen molar-refractivity contribution < 1.29 is 14.3 Å². The first kappa shape index (κ1) is 12.1. The fourth-order valence-corrected chi connectivity index (χ4v) is 1.80. The van der Waals surface area contributed by atoms with Gasteiger partial charge in [0.05, 0.1) is 13.2 Å². The summed E-state index contributed by atoms with van der Waals surface area (Å²) in [4.78, 5) is 11.7. The smallest absolute Gasteiger partial charge is 0.327 e. The number of carbonyl (C=O) groups is 1. The zero-order valence-electron chi connectivity index (χ0n) is 9.67. The Labute approximate surface area is 101 Å². The first-order valence-corrected chi connectivity index (χ1v) is 5.82. The summed E-state index contributed by atoms with van der Waals surface area (Å²) < 4.78 is 10.4. The Bertz CT molecular complexity index is 360. The van der Waals surface area contributed by atoms with Gasteiger partial charge in [0.15, 0.2) is 0 Å². The van der Waals surface area contributed by atoms with Crippen LogP contribution in [0.5, 0.6) is 0 Å². The Morgan fingerprint density at radius 1 is 1.47 bits per heavy atom. The summed E-state index contributed by atoms with van der Waals surface area (Å²) in [6.45, 7) is 1.83. The highest BCUT2D eigenvalue weighted by Gasteiger charge is 2.21. The predicted molar refractivity (Wildman–Crippen MR) is 63.3 cm³/mol. The Hall–Kier alpha value is -1.39. The number of nitrogens with two attached hydrogens (primary N) is 1. The number of hydrogen-bond acceptors (Lipinski definition) is 4. The zero-order valence-corrected chi connectivity index (χ0v) is 9.67. The summed E-state index contributed by atoms with van der Waals surface area (Å²) in [6.07, 6.45) is 0.952. The second-order valence-corrected chi connectivity index (χ2v) is 4.25. The van der Waals surface area contributed by atoms with Gasteiger partial charge in [0.2, 0.25) is 0 Å². The van der Waals surface area contributed by atoms with E-state index in [0.717, 1.165) is 18.6 Å². The molecule has 2 unspecified atom stereocenters. The van der Waals surface area contributed by atoms with Crippen LogP contribution in [0.25, 0.3) is 0 Å². The molecule has 1 aromatic rings. The quantitative estimate of drug-likeness (QED) is 0.798. The summed E-state index contributed by atoms with van der Waals surface area (Å²) in [5.74, 6) is -0.0509. The Kier molecular flexibility index (Phi) is 4.12. The van der Waals surface area contributed by atoms with E-state index in [0.29, 0.717) is 19.1 Å². The maximum Gasteiger partial charge on any atom is 0.327 e. The van der Waals surface area contributed by atoms with Crippen molar-refractivity contribution in [3.8, 4) is 0 Å². The number of rotatable bonds is 4. The minimum Gasteiger partial charge on any atom is -0.464 e. The molecule has 17 heavy (non-hydrogen) atoms. The van der Waals surface area contributed by atoms with Gasteiger partial charge in [0.25, 0.3) is 0 Å². The third-order valence-electron chi connectivity index (χ3n) is 2.90. The molecule has 0 aliphatic carbocycles. The minimum absolute atomic E-state index is 0.321. The van der Waals surface area contributed by atoms with Gasteiger partial charge in [-0.1, -0.05) is 30.3 Å². The van der Waals surface area contributed by atoms with E-state index in [9.17, 15) is 4.79 Å². The van der Waals surface area contributed by atoms with Crippen LogP contribution < -0.4 is 5.73 Å². The predicted octanol–water partition coefficient (Wildman–Crippen LogP) is 1.27. The lowest BCUT2D eigenvalue weighted by molar-refractivity contribution is -0.146. The molecule has 4 heteroatoms. The fourth-order valence-electron chi connectivity index (χ4n) is 1.80. The molecule has 2 rings (SSSR count). The van der Waals surface area contributed by atoms with E-state index in [-0.39, 0.29) is 5.97 Å². The van der Waals surface area contributed by atoms with Crippen molar-refractivity contribution >= 4 is 5.97 Å². The lowest BCUT2D eigenvalue weighted by atomic mass is 10.1. The minimum atomic E-state index is -0.696. The molecule has 1 fully saturated rings. The van der Waals surface area contributed by atoms with Crippen LogP contribution in [0.3, 0.4) is 0 Å². The molecular weight excluding hydrogens is 218 g/mol. The van der Waals surface area contributed by atoms with Crippen molar-refractivity contribution in [2.45, 2.75) is 12.5 Å². The highest BCUT2D eigenvalue weighted by Crippen LogP contribution is 2.15. The van der Waals surface area contributed by atoms with Crippen LogP contribution in [-0.4, -0.2) is 25.8 Å². The highest BCUT2D eigenvalue weighted by molar-refractivity contribution is 5.77. The maximum atomic E-state index is 11.7. The van der Waals surface area contributed by atoms with Crippen molar-refractivity contribution in [1.29, 1.82) is 0 Å². The van der Waals surface area contributed by atoms with Gasteiger partial charge in [-0.15, -0.1) is 0 Å². The molecule has 1 saturated heterocycles. The number of esters is 1. The molecule has 0 bridgehead atoms. The van der Waals surface area contributed by atoms with Crippen molar-refractivity contribution in [3.05, 3.63) is 35.9 Å². The van der Waals surface area contributed by atoms with Gasteiger partial charge >= 0.3 is 5.97 Å². The van der Waals surface area contributed by atoms with E-state index in [1.807, 2.05) is 30.3 Å². The van der Waals surface area contributed by atoms with E-state index in [1.54, 1.807) is 0 Å². The molecule has 2 atom stereocenters. The van der Waals surface area contributed by atoms with Gasteiger partial charge in [0.1, 0.15) is 6.04 Å². The van der Waals surface area contributed by atoms with Crippen LogP contribution in [0.4, 0.5) is 0 Å². The normalized spacial score (nSPS) is 21.1. The molecule has 1 heterocycles. The molecule has 1 aromatic carbocycles. The SMILES string of the molecule is NC(C(=O)OCC1CCOC1)c1ccccc1. The van der Waals surface area contributed by atoms with Gasteiger partial charge < -0.3 is 15.2 Å². The molecule has 4 nitrogen and oxygen atoms in total. The average molecular weight is 235 g/mol. The molecule has 0 spiro atoms. The number of benzene rings is 1. The Morgan fingerprint density at radius 3 is 2.88 bits per heavy atom. The molecule has 1 aliphatic rings. The standard InChI is InChI=1S/C13H17NO3/c14-12(11-4-2-1-3-5-11)13(15)17-9-10-6-7-16-8-10/h1-5,10,12H,6-9,14H2. The highest BCUT2D eigenvalue weighted by atomic mass is 16.5. The van der Waals surface area contributed by atoms with Crippen molar-refractivity contribution in [2.75, 3.05) is 19.8 Å². The van der Waals surface area contributed by atoms with Crippen molar-refractivity contribution in [3.63, 3.8) is 0 Å². The van der Waals surface area contributed by atoms with Gasteiger partial charge in [-0.3, -0.25) is 0 Å². The summed E-state index contributed by atoms with van der Waals surface area (Å²) >= 11 is 0. The molecule has 0 saturated carbocycles. The lowest BCUT2D eigenvalue weighted by Gasteiger charge is -2.13. The molecule has 1 aliphatic heterocycles. The molecule has 0 aromatic heterocycles. The molecule has 92 valence electrons. The Morgan fingerprint density at radius 2 is 2.24 bits per heavy atom. The maximum absolute atomic E-state index is 11.7. The fraction of sp³-hybridized carbons (Fsp3) is 0.462. The average Bonchev–Trinajstić information content (AvgIpc) is 2.89. The summed E-state index contributed by atoms with van der Waals surface area (Å²) in [5.41, 5.74) is 6.60. The molecule has 2 N–H and O–H groups in total. The van der Waals surface area contributed by atoms with Crippen LogP contribution in [0, 0.1) is 5.92 Å². The third kappa shape index (κ3) is 3.28. The summed E-state index contributed by atoms with van der Waals surface area (Å²) in [6, 6.07) is 8.55. The van der Waals surface area contributed by atoms with Gasteiger partial charge in [-0.05, 0) is 12.0 Å². The molecule has 0 radical (unpaired) electrons. The van der Waals surface area contributed by atoms with Crippen molar-refractivity contribution in [2.24, 2.45) is 11.7 Å².